The van der Waals surface area contributed by atoms with Crippen molar-refractivity contribution in [3.8, 4) is 33.4 Å². The molecule has 1 N–H and O–H groups in total. The van der Waals surface area contributed by atoms with E-state index in [1.54, 1.807) is 0 Å². The zero-order chi connectivity index (χ0) is 47.6. The first-order valence-corrected chi connectivity index (χ1v) is 24.1. The fourth-order valence-electron chi connectivity index (χ4n) is 10.1. The van der Waals surface area contributed by atoms with E-state index in [0.29, 0.717) is 5.56 Å². The zero-order valence-corrected chi connectivity index (χ0v) is 38.9. The van der Waals surface area contributed by atoms with E-state index in [-0.39, 0.29) is 0 Å². The molecular formula is C67H48N2O2. The number of furan rings is 1. The van der Waals surface area contributed by atoms with Crippen LogP contribution in [-0.4, -0.2) is 5.11 Å². The van der Waals surface area contributed by atoms with Gasteiger partial charge in [-0.3, -0.25) is 0 Å². The summed E-state index contributed by atoms with van der Waals surface area (Å²) in [7, 11) is 0. The Hall–Kier alpha value is -9.22. The first-order valence-electron chi connectivity index (χ1n) is 24.1. The number of para-hydroxylation sites is 4. The monoisotopic (exact) mass is 912 g/mol. The average molecular weight is 913 g/mol. The van der Waals surface area contributed by atoms with Crippen LogP contribution in [0.2, 0.25) is 0 Å². The van der Waals surface area contributed by atoms with Gasteiger partial charge in [0.15, 0.2) is 0 Å². The summed E-state index contributed by atoms with van der Waals surface area (Å²) in [6, 6.07) is 99.1. The normalized spacial score (nSPS) is 11.5. The predicted octanol–water partition coefficient (Wildman–Crippen LogP) is 17.8. The predicted molar refractivity (Wildman–Crippen MR) is 294 cm³/mol. The number of anilines is 6. The van der Waals surface area contributed by atoms with E-state index >= 15 is 0 Å². The Kier molecular flexibility index (Phi) is 11.3. The van der Waals surface area contributed by atoms with Crippen LogP contribution in [0.4, 0.5) is 34.1 Å². The van der Waals surface area contributed by atoms with Gasteiger partial charge in [0, 0.05) is 50.3 Å². The fourth-order valence-corrected chi connectivity index (χ4v) is 10.1. The maximum atomic E-state index is 13.8. The Labute approximate surface area is 414 Å². The minimum absolute atomic E-state index is 0.717. The van der Waals surface area contributed by atoms with Gasteiger partial charge in [0.2, 0.25) is 0 Å². The molecule has 0 atom stereocenters. The van der Waals surface area contributed by atoms with Gasteiger partial charge in [-0.2, -0.15) is 0 Å². The molecule has 0 saturated heterocycles. The SMILES string of the molecule is OC(c1ccccc1)(c1ccccc1)c1cc(-c2ccc3oc4ccccc4c3c2)cc(N(c2cccc(N(c3ccccc3)c3ccccc3)c2)c2c(-c3ccccc3)cccc2-c2ccccc2)c1. The van der Waals surface area contributed by atoms with Crippen LogP contribution in [0.1, 0.15) is 16.7 Å². The van der Waals surface area contributed by atoms with Crippen LogP contribution >= 0.6 is 0 Å². The lowest BCUT2D eigenvalue weighted by Gasteiger charge is -2.35. The number of aliphatic hydroxyl groups is 1. The van der Waals surface area contributed by atoms with Gasteiger partial charge < -0.3 is 19.3 Å². The number of hydrogen-bond donors (Lipinski definition) is 1. The first kappa shape index (κ1) is 43.1. The molecule has 71 heavy (non-hydrogen) atoms. The summed E-state index contributed by atoms with van der Waals surface area (Å²) in [5.74, 6) is 0. The summed E-state index contributed by atoms with van der Waals surface area (Å²) < 4.78 is 6.37. The highest BCUT2D eigenvalue weighted by atomic mass is 16.3. The van der Waals surface area contributed by atoms with Crippen molar-refractivity contribution in [3.63, 3.8) is 0 Å². The van der Waals surface area contributed by atoms with E-state index in [1.165, 1.54) is 0 Å². The minimum atomic E-state index is -1.56. The van der Waals surface area contributed by atoms with Crippen molar-refractivity contribution in [3.05, 3.63) is 302 Å². The van der Waals surface area contributed by atoms with Crippen LogP contribution in [0.15, 0.2) is 290 Å². The second-order valence-corrected chi connectivity index (χ2v) is 17.8. The van der Waals surface area contributed by atoms with Crippen LogP contribution in [0.25, 0.3) is 55.3 Å². The molecule has 0 aliphatic carbocycles. The molecule has 0 bridgehead atoms. The Morgan fingerprint density at radius 1 is 0.282 bits per heavy atom. The molecule has 0 aliphatic rings. The van der Waals surface area contributed by atoms with E-state index in [4.69, 9.17) is 4.42 Å². The molecule has 0 aliphatic heterocycles. The van der Waals surface area contributed by atoms with Crippen molar-refractivity contribution in [2.24, 2.45) is 0 Å². The maximum Gasteiger partial charge on any atom is 0.140 e. The van der Waals surface area contributed by atoms with Crippen molar-refractivity contribution < 1.29 is 9.52 Å². The van der Waals surface area contributed by atoms with Crippen molar-refractivity contribution in [1.29, 1.82) is 0 Å². The van der Waals surface area contributed by atoms with Crippen molar-refractivity contribution in [2.75, 3.05) is 9.80 Å². The smallest absolute Gasteiger partial charge is 0.140 e. The van der Waals surface area contributed by atoms with Gasteiger partial charge in [-0.05, 0) is 118 Å². The number of benzene rings is 11. The highest BCUT2D eigenvalue weighted by molar-refractivity contribution is 6.06. The molecule has 0 fully saturated rings. The van der Waals surface area contributed by atoms with Crippen LogP contribution in [0.3, 0.4) is 0 Å². The molecule has 0 saturated carbocycles. The molecule has 12 rings (SSSR count). The van der Waals surface area contributed by atoms with E-state index in [1.807, 2.05) is 72.8 Å². The van der Waals surface area contributed by atoms with Gasteiger partial charge in [0.25, 0.3) is 0 Å². The molecule has 0 radical (unpaired) electrons. The summed E-state index contributed by atoms with van der Waals surface area (Å²) in [6.45, 7) is 0. The van der Waals surface area contributed by atoms with Crippen molar-refractivity contribution >= 4 is 56.1 Å². The molecule has 1 aromatic heterocycles. The molecule has 0 amide bonds. The first-order chi connectivity index (χ1) is 35.1. The Morgan fingerprint density at radius 2 is 0.746 bits per heavy atom. The molecule has 338 valence electrons. The highest BCUT2D eigenvalue weighted by Crippen LogP contribution is 2.50. The zero-order valence-electron chi connectivity index (χ0n) is 38.9. The van der Waals surface area contributed by atoms with Gasteiger partial charge in [-0.15, -0.1) is 0 Å². The summed E-state index contributed by atoms with van der Waals surface area (Å²) in [4.78, 5) is 4.70. The van der Waals surface area contributed by atoms with E-state index in [2.05, 4.69) is 222 Å². The van der Waals surface area contributed by atoms with E-state index in [9.17, 15) is 5.11 Å². The van der Waals surface area contributed by atoms with Gasteiger partial charge >= 0.3 is 0 Å². The molecular weight excluding hydrogens is 865 g/mol. The third-order valence-electron chi connectivity index (χ3n) is 13.5. The van der Waals surface area contributed by atoms with Gasteiger partial charge in [-0.25, -0.2) is 0 Å². The number of hydrogen-bond acceptors (Lipinski definition) is 4. The second kappa shape index (κ2) is 18.7. The summed E-state index contributed by atoms with van der Waals surface area (Å²) >= 11 is 0. The fraction of sp³-hybridized carbons (Fsp3) is 0.0149. The van der Waals surface area contributed by atoms with Crippen LogP contribution in [-0.2, 0) is 5.60 Å². The summed E-state index contributed by atoms with van der Waals surface area (Å²) in [6.07, 6.45) is 0. The highest BCUT2D eigenvalue weighted by Gasteiger charge is 2.36. The molecule has 1 heterocycles. The molecule has 12 aromatic rings. The molecule has 4 nitrogen and oxygen atoms in total. The quantitative estimate of drug-likeness (QED) is 0.124. The minimum Gasteiger partial charge on any atom is -0.456 e. The van der Waals surface area contributed by atoms with Crippen LogP contribution < -0.4 is 9.80 Å². The van der Waals surface area contributed by atoms with Crippen LogP contribution in [0, 0.1) is 0 Å². The van der Waals surface area contributed by atoms with E-state index in [0.717, 1.165) is 101 Å². The Morgan fingerprint density at radius 3 is 1.32 bits per heavy atom. The van der Waals surface area contributed by atoms with Gasteiger partial charge in [0.05, 0.1) is 5.69 Å². The maximum absolute atomic E-state index is 13.8. The number of nitrogens with zero attached hydrogens (tertiary/aromatic N) is 2. The number of rotatable bonds is 12. The molecule has 11 aromatic carbocycles. The van der Waals surface area contributed by atoms with Gasteiger partial charge in [0.1, 0.15) is 16.8 Å². The number of fused-ring (bicyclic) bond motifs is 3. The topological polar surface area (TPSA) is 39.9 Å². The lowest BCUT2D eigenvalue weighted by molar-refractivity contribution is 0.126. The lowest BCUT2D eigenvalue weighted by atomic mass is 9.79. The molecule has 4 heteroatoms. The van der Waals surface area contributed by atoms with Crippen LogP contribution in [0.5, 0.6) is 0 Å². The third-order valence-corrected chi connectivity index (χ3v) is 13.5. The second-order valence-electron chi connectivity index (χ2n) is 17.8. The Bertz CT molecular complexity index is 3630. The largest absolute Gasteiger partial charge is 0.456 e. The average Bonchev–Trinajstić information content (AvgIpc) is 3.83. The van der Waals surface area contributed by atoms with Gasteiger partial charge in [-0.1, -0.05) is 206 Å². The molecule has 0 spiro atoms. The van der Waals surface area contributed by atoms with Crippen molar-refractivity contribution in [2.45, 2.75) is 5.60 Å². The standard InChI is InChI=1S/C67H48N2O2/c70-67(52-27-11-3-12-28-52,53-29-13-4-14-30-53)54-43-51(50-41-42-65-63(45-50)62-37-19-20-40-64(62)71-65)44-59(46-54)69(66-60(48-23-7-1-8-24-48)38-22-39-61(66)49-25-9-2-10-26-49)58-36-21-35-57(47-58)68(55-31-15-5-16-32-55)56-33-17-6-18-34-56/h1-47,70H. The van der Waals surface area contributed by atoms with Crippen molar-refractivity contribution in [1.82, 2.24) is 0 Å². The third kappa shape index (κ3) is 8.12. The Balaban J connectivity index is 1.19. The molecule has 0 unspecified atom stereocenters. The lowest BCUT2D eigenvalue weighted by Crippen LogP contribution is -2.29. The summed E-state index contributed by atoms with van der Waals surface area (Å²) in [5.41, 5.74) is 14.4. The summed E-state index contributed by atoms with van der Waals surface area (Å²) in [5, 5.41) is 15.9. The van der Waals surface area contributed by atoms with E-state index < -0.39 is 5.60 Å².